The van der Waals surface area contributed by atoms with Crippen molar-refractivity contribution in [3.05, 3.63) is 66.0 Å². The molecule has 0 unspecified atom stereocenters. The zero-order chi connectivity index (χ0) is 17.4. The fourth-order valence-corrected chi connectivity index (χ4v) is 1.85. The van der Waals surface area contributed by atoms with E-state index in [1.165, 1.54) is 6.07 Å². The first-order valence-electron chi connectivity index (χ1n) is 7.16. The lowest BCUT2D eigenvalue weighted by molar-refractivity contribution is -0.117. The number of rotatable bonds is 6. The van der Waals surface area contributed by atoms with E-state index < -0.39 is 17.5 Å². The van der Waals surface area contributed by atoms with E-state index in [0.717, 1.165) is 24.3 Å². The van der Waals surface area contributed by atoms with Crippen molar-refractivity contribution in [1.82, 2.24) is 10.3 Å². The Labute approximate surface area is 137 Å². The molecular formula is C17H15F2N3O2. The second-order valence-electron chi connectivity index (χ2n) is 4.79. The molecule has 24 heavy (non-hydrogen) atoms. The maximum absolute atomic E-state index is 13.4. The normalized spacial score (nSPS) is 10.6. The average Bonchev–Trinajstić information content (AvgIpc) is 2.55. The zero-order valence-corrected chi connectivity index (χ0v) is 12.6. The van der Waals surface area contributed by atoms with Gasteiger partial charge < -0.3 is 10.6 Å². The topological polar surface area (TPSA) is 71.1 Å². The summed E-state index contributed by atoms with van der Waals surface area (Å²) in [5, 5.41) is 5.11. The van der Waals surface area contributed by atoms with Crippen molar-refractivity contribution in [2.75, 3.05) is 11.9 Å². The summed E-state index contributed by atoms with van der Waals surface area (Å²) in [6.45, 7) is 0.0971. The van der Waals surface area contributed by atoms with Crippen molar-refractivity contribution in [3.8, 4) is 0 Å². The van der Waals surface area contributed by atoms with Gasteiger partial charge in [-0.3, -0.25) is 14.6 Å². The van der Waals surface area contributed by atoms with Crippen molar-refractivity contribution < 1.29 is 18.4 Å². The number of aromatic nitrogens is 1. The molecule has 0 radical (unpaired) electrons. The predicted octanol–water partition coefficient (Wildman–Crippen LogP) is 2.52. The summed E-state index contributed by atoms with van der Waals surface area (Å²) in [6, 6.07) is 6.72. The summed E-state index contributed by atoms with van der Waals surface area (Å²) in [5.74, 6) is -2.33. The van der Waals surface area contributed by atoms with Crippen molar-refractivity contribution in [1.29, 1.82) is 0 Å². The van der Waals surface area contributed by atoms with Crippen molar-refractivity contribution >= 4 is 23.6 Å². The van der Waals surface area contributed by atoms with Crippen LogP contribution in [0.3, 0.4) is 0 Å². The maximum Gasteiger partial charge on any atom is 0.244 e. The molecule has 0 aliphatic carbocycles. The Kier molecular flexibility index (Phi) is 6.13. The zero-order valence-electron chi connectivity index (χ0n) is 12.6. The van der Waals surface area contributed by atoms with E-state index in [1.54, 1.807) is 24.5 Å². The Morgan fingerprint density at radius 3 is 2.42 bits per heavy atom. The summed E-state index contributed by atoms with van der Waals surface area (Å²) in [4.78, 5) is 27.1. The van der Waals surface area contributed by atoms with Gasteiger partial charge >= 0.3 is 0 Å². The Morgan fingerprint density at radius 2 is 1.75 bits per heavy atom. The third-order valence-corrected chi connectivity index (χ3v) is 3.02. The number of pyridine rings is 1. The molecule has 0 saturated carbocycles. The first-order chi connectivity index (χ1) is 11.6. The second kappa shape index (κ2) is 8.52. The van der Waals surface area contributed by atoms with E-state index in [-0.39, 0.29) is 24.4 Å². The van der Waals surface area contributed by atoms with Crippen LogP contribution in [0.25, 0.3) is 6.08 Å². The lowest BCUT2D eigenvalue weighted by Crippen LogP contribution is -2.26. The van der Waals surface area contributed by atoms with E-state index in [1.807, 2.05) is 0 Å². The number of benzene rings is 1. The van der Waals surface area contributed by atoms with Gasteiger partial charge in [-0.1, -0.05) is 6.07 Å². The number of halogens is 2. The number of hydrogen-bond acceptors (Lipinski definition) is 3. The van der Waals surface area contributed by atoms with E-state index in [0.29, 0.717) is 5.69 Å². The first kappa shape index (κ1) is 17.3. The Bertz CT molecular complexity index is 729. The molecule has 0 saturated heterocycles. The number of nitrogens with zero attached hydrogens (tertiary/aromatic N) is 1. The van der Waals surface area contributed by atoms with Gasteiger partial charge in [0.05, 0.1) is 0 Å². The van der Waals surface area contributed by atoms with Crippen LogP contribution in [0.15, 0.2) is 48.8 Å². The highest BCUT2D eigenvalue weighted by molar-refractivity contribution is 5.93. The van der Waals surface area contributed by atoms with Crippen molar-refractivity contribution in [2.24, 2.45) is 0 Å². The fraction of sp³-hybridized carbons (Fsp3) is 0.118. The molecule has 124 valence electrons. The monoisotopic (exact) mass is 331 g/mol. The molecule has 2 aromatic rings. The molecule has 5 nitrogen and oxygen atoms in total. The highest BCUT2D eigenvalue weighted by Crippen LogP contribution is 2.13. The number of nitrogens with one attached hydrogen (secondary N) is 2. The highest BCUT2D eigenvalue weighted by Gasteiger charge is 2.06. The van der Waals surface area contributed by atoms with Crippen LogP contribution in [0.5, 0.6) is 0 Å². The van der Waals surface area contributed by atoms with Gasteiger partial charge in [0.15, 0.2) is 0 Å². The maximum atomic E-state index is 13.4. The summed E-state index contributed by atoms with van der Waals surface area (Å²) >= 11 is 0. The Morgan fingerprint density at radius 1 is 1.08 bits per heavy atom. The number of hydrogen-bond donors (Lipinski definition) is 2. The quantitative estimate of drug-likeness (QED) is 0.799. The number of amides is 2. The predicted molar refractivity (Wildman–Crippen MR) is 85.9 cm³/mol. The SMILES string of the molecule is O=C(/C=C/c1c(F)cccc1F)NCCC(=O)Nc1ccncc1. The van der Waals surface area contributed by atoms with E-state index >= 15 is 0 Å². The largest absolute Gasteiger partial charge is 0.352 e. The number of anilines is 1. The Hall–Kier alpha value is -3.09. The summed E-state index contributed by atoms with van der Waals surface area (Å²) in [5.41, 5.74) is 0.319. The molecule has 0 atom stereocenters. The molecule has 1 heterocycles. The second-order valence-corrected chi connectivity index (χ2v) is 4.79. The molecule has 0 aliphatic rings. The lowest BCUT2D eigenvalue weighted by atomic mass is 10.2. The van der Waals surface area contributed by atoms with Gasteiger partial charge in [0.2, 0.25) is 11.8 Å². The van der Waals surface area contributed by atoms with Crippen LogP contribution >= 0.6 is 0 Å². The van der Waals surface area contributed by atoms with E-state index in [4.69, 9.17) is 0 Å². The standard InChI is InChI=1S/C17H15F2N3O2/c18-14-2-1-3-15(19)13(14)4-5-16(23)21-11-8-17(24)22-12-6-9-20-10-7-12/h1-7,9-10H,8,11H2,(H,21,23)(H,20,22,24)/b5-4+. The molecule has 7 heteroatoms. The van der Waals surface area contributed by atoms with Gasteiger partial charge in [-0.15, -0.1) is 0 Å². The van der Waals surface area contributed by atoms with Crippen LogP contribution in [-0.2, 0) is 9.59 Å². The number of carbonyl (C=O) groups excluding carboxylic acids is 2. The fourth-order valence-electron chi connectivity index (χ4n) is 1.85. The van der Waals surface area contributed by atoms with Crippen LogP contribution in [0.2, 0.25) is 0 Å². The molecule has 0 bridgehead atoms. The van der Waals surface area contributed by atoms with Gasteiger partial charge in [-0.25, -0.2) is 8.78 Å². The summed E-state index contributed by atoms with van der Waals surface area (Å²) in [6.07, 6.45) is 5.23. The molecule has 1 aromatic heterocycles. The van der Waals surface area contributed by atoms with Gasteiger partial charge in [0.25, 0.3) is 0 Å². The van der Waals surface area contributed by atoms with Gasteiger partial charge in [-0.05, 0) is 30.3 Å². The van der Waals surface area contributed by atoms with Crippen molar-refractivity contribution in [2.45, 2.75) is 6.42 Å². The summed E-state index contributed by atoms with van der Waals surface area (Å²) in [7, 11) is 0. The third kappa shape index (κ3) is 5.28. The Balaban J connectivity index is 1.77. The van der Waals surface area contributed by atoms with Crippen LogP contribution in [0, 0.1) is 11.6 Å². The van der Waals surface area contributed by atoms with Crippen LogP contribution in [0.4, 0.5) is 14.5 Å². The minimum Gasteiger partial charge on any atom is -0.352 e. The van der Waals surface area contributed by atoms with Gasteiger partial charge in [-0.2, -0.15) is 0 Å². The average molecular weight is 331 g/mol. The molecule has 2 amide bonds. The van der Waals surface area contributed by atoms with Crippen LogP contribution in [-0.4, -0.2) is 23.3 Å². The molecule has 0 fully saturated rings. The minimum absolute atomic E-state index is 0.0654. The van der Waals surface area contributed by atoms with Gasteiger partial charge in [0, 0.05) is 42.7 Å². The smallest absolute Gasteiger partial charge is 0.244 e. The summed E-state index contributed by atoms with van der Waals surface area (Å²) < 4.78 is 26.8. The van der Waals surface area contributed by atoms with Gasteiger partial charge in [0.1, 0.15) is 11.6 Å². The minimum atomic E-state index is -0.754. The lowest BCUT2D eigenvalue weighted by Gasteiger charge is -2.05. The molecular weight excluding hydrogens is 316 g/mol. The van der Waals surface area contributed by atoms with Crippen molar-refractivity contribution in [3.63, 3.8) is 0 Å². The number of carbonyl (C=O) groups is 2. The molecule has 0 spiro atoms. The third-order valence-electron chi connectivity index (χ3n) is 3.02. The molecule has 2 rings (SSSR count). The molecule has 2 N–H and O–H groups in total. The van der Waals surface area contributed by atoms with Crippen LogP contribution in [0.1, 0.15) is 12.0 Å². The first-order valence-corrected chi connectivity index (χ1v) is 7.16. The highest BCUT2D eigenvalue weighted by atomic mass is 19.1. The van der Waals surface area contributed by atoms with E-state index in [9.17, 15) is 18.4 Å². The van der Waals surface area contributed by atoms with E-state index in [2.05, 4.69) is 15.6 Å². The van der Waals surface area contributed by atoms with Crippen LogP contribution < -0.4 is 10.6 Å². The molecule has 0 aliphatic heterocycles. The molecule has 1 aromatic carbocycles.